The van der Waals surface area contributed by atoms with E-state index in [9.17, 15) is 4.79 Å². The molecule has 1 atom stereocenters. The molecule has 0 spiro atoms. The summed E-state index contributed by atoms with van der Waals surface area (Å²) in [5.74, 6) is 1.77. The van der Waals surface area contributed by atoms with Crippen LogP contribution in [0, 0.1) is 0 Å². The fraction of sp³-hybridized carbons (Fsp3) is 0.500. The van der Waals surface area contributed by atoms with Crippen molar-refractivity contribution in [2.24, 2.45) is 0 Å². The Labute approximate surface area is 172 Å². The Hall–Kier alpha value is -2.08. The van der Waals surface area contributed by atoms with Crippen LogP contribution in [0.1, 0.15) is 61.6 Å². The van der Waals surface area contributed by atoms with Crippen LogP contribution in [0.15, 0.2) is 35.5 Å². The lowest BCUT2D eigenvalue weighted by molar-refractivity contribution is 0.0955. The Kier molecular flexibility index (Phi) is 7.31. The van der Waals surface area contributed by atoms with Gasteiger partial charge in [0, 0.05) is 42.2 Å². The van der Waals surface area contributed by atoms with Crippen LogP contribution >= 0.6 is 11.8 Å². The number of carbonyl (C=O) groups is 1. The molecule has 2 heterocycles. The van der Waals surface area contributed by atoms with Crippen molar-refractivity contribution < 1.29 is 4.79 Å². The van der Waals surface area contributed by atoms with Crippen molar-refractivity contribution in [2.45, 2.75) is 63.4 Å². The zero-order chi connectivity index (χ0) is 19.9. The van der Waals surface area contributed by atoms with Gasteiger partial charge in [0.05, 0.1) is 0 Å². The number of nitrogens with zero attached hydrogens (tertiary/aromatic N) is 3. The number of nitrogens with one attached hydrogen (secondary N) is 1. The fourth-order valence-electron chi connectivity index (χ4n) is 3.50. The van der Waals surface area contributed by atoms with Crippen molar-refractivity contribution in [3.05, 3.63) is 47.2 Å². The van der Waals surface area contributed by atoms with Crippen LogP contribution in [0.25, 0.3) is 0 Å². The topological polar surface area (TPSA) is 58.1 Å². The van der Waals surface area contributed by atoms with Crippen molar-refractivity contribution >= 4 is 23.5 Å². The number of thioether (sulfide) groups is 1. The molecule has 0 aliphatic carbocycles. The molecule has 2 aromatic rings. The second-order valence-corrected chi connectivity index (χ2v) is 8.18. The van der Waals surface area contributed by atoms with Crippen molar-refractivity contribution in [3.63, 3.8) is 0 Å². The van der Waals surface area contributed by atoms with E-state index in [1.54, 1.807) is 11.8 Å². The lowest BCUT2D eigenvalue weighted by atomic mass is 10.0. The van der Waals surface area contributed by atoms with Crippen LogP contribution in [-0.2, 0) is 12.2 Å². The summed E-state index contributed by atoms with van der Waals surface area (Å²) < 4.78 is 0. The molecule has 0 bridgehead atoms. The van der Waals surface area contributed by atoms with Crippen LogP contribution in [0.5, 0.6) is 0 Å². The zero-order valence-electron chi connectivity index (χ0n) is 17.1. The van der Waals surface area contributed by atoms with E-state index in [4.69, 9.17) is 9.97 Å². The Bertz CT molecular complexity index is 811. The number of carbonyl (C=O) groups excluding carboxylic acids is 1. The smallest absolute Gasteiger partial charge is 0.251 e. The fourth-order valence-corrected chi connectivity index (χ4v) is 4.32. The van der Waals surface area contributed by atoms with Gasteiger partial charge in [-0.3, -0.25) is 4.79 Å². The van der Waals surface area contributed by atoms with Crippen molar-refractivity contribution in [3.8, 4) is 0 Å². The van der Waals surface area contributed by atoms with E-state index in [1.165, 1.54) is 19.3 Å². The molecule has 1 aromatic carbocycles. The maximum atomic E-state index is 12.1. The van der Waals surface area contributed by atoms with E-state index >= 15 is 0 Å². The van der Waals surface area contributed by atoms with E-state index in [0.29, 0.717) is 18.2 Å². The molecule has 1 N–H and O–H groups in total. The Morgan fingerprint density at radius 2 is 2.11 bits per heavy atom. The van der Waals surface area contributed by atoms with Crippen LogP contribution in [-0.4, -0.2) is 35.0 Å². The van der Waals surface area contributed by atoms with Gasteiger partial charge < -0.3 is 10.2 Å². The zero-order valence-corrected chi connectivity index (χ0v) is 17.9. The van der Waals surface area contributed by atoms with E-state index in [1.807, 2.05) is 31.2 Å². The summed E-state index contributed by atoms with van der Waals surface area (Å²) in [6.45, 7) is 8.05. The number of aromatic nitrogens is 2. The molecule has 28 heavy (non-hydrogen) atoms. The van der Waals surface area contributed by atoms with Gasteiger partial charge in [0.1, 0.15) is 5.82 Å². The van der Waals surface area contributed by atoms with Gasteiger partial charge in [-0.1, -0.05) is 30.8 Å². The average molecular weight is 399 g/mol. The molecule has 150 valence electrons. The van der Waals surface area contributed by atoms with Gasteiger partial charge in [-0.05, 0) is 57.2 Å². The number of amides is 1. The summed E-state index contributed by atoms with van der Waals surface area (Å²) in [4.78, 5) is 24.1. The van der Waals surface area contributed by atoms with Crippen LogP contribution < -0.4 is 10.2 Å². The second kappa shape index (κ2) is 9.92. The maximum absolute atomic E-state index is 12.1. The van der Waals surface area contributed by atoms with Crippen LogP contribution in [0.4, 0.5) is 5.82 Å². The van der Waals surface area contributed by atoms with E-state index in [-0.39, 0.29) is 5.91 Å². The van der Waals surface area contributed by atoms with Gasteiger partial charge in [-0.15, -0.1) is 0 Å². The van der Waals surface area contributed by atoms with Gasteiger partial charge in [-0.2, -0.15) is 0 Å². The van der Waals surface area contributed by atoms with Crippen LogP contribution in [0.3, 0.4) is 0 Å². The van der Waals surface area contributed by atoms with Crippen molar-refractivity contribution in [2.75, 3.05) is 18.0 Å². The summed E-state index contributed by atoms with van der Waals surface area (Å²) in [5.41, 5.74) is 2.89. The summed E-state index contributed by atoms with van der Waals surface area (Å²) in [5, 5.41) is 3.67. The van der Waals surface area contributed by atoms with Crippen LogP contribution in [0.2, 0.25) is 0 Å². The minimum Gasteiger partial charge on any atom is -0.354 e. The highest BCUT2D eigenvalue weighted by Crippen LogP contribution is 2.27. The van der Waals surface area contributed by atoms with E-state index < -0.39 is 0 Å². The van der Waals surface area contributed by atoms with Gasteiger partial charge in [0.15, 0.2) is 5.16 Å². The molecule has 5 nitrogen and oxygen atoms in total. The van der Waals surface area contributed by atoms with Crippen molar-refractivity contribution in [1.82, 2.24) is 15.3 Å². The average Bonchev–Trinajstić information content (AvgIpc) is 2.72. The normalized spacial score (nSPS) is 16.8. The highest BCUT2D eigenvalue weighted by molar-refractivity contribution is 7.98. The third kappa shape index (κ3) is 5.25. The molecule has 0 radical (unpaired) electrons. The highest BCUT2D eigenvalue weighted by Gasteiger charge is 2.21. The summed E-state index contributed by atoms with van der Waals surface area (Å²) in [6.07, 6.45) is 4.65. The summed E-state index contributed by atoms with van der Waals surface area (Å²) >= 11 is 1.64. The minimum atomic E-state index is -0.0278. The summed E-state index contributed by atoms with van der Waals surface area (Å²) in [6, 6.07) is 10.5. The largest absolute Gasteiger partial charge is 0.354 e. The number of hydrogen-bond acceptors (Lipinski definition) is 5. The van der Waals surface area contributed by atoms with Gasteiger partial charge in [-0.25, -0.2) is 9.97 Å². The molecule has 1 aliphatic rings. The van der Waals surface area contributed by atoms with Gasteiger partial charge in [0.2, 0.25) is 0 Å². The predicted octanol–water partition coefficient (Wildman–Crippen LogP) is 4.46. The number of benzene rings is 1. The molecule has 1 saturated heterocycles. The number of hydrogen-bond donors (Lipinski definition) is 1. The van der Waals surface area contributed by atoms with E-state index in [2.05, 4.69) is 30.1 Å². The molecular formula is C22H30N4OS. The molecule has 6 heteroatoms. The Morgan fingerprint density at radius 1 is 1.25 bits per heavy atom. The molecule has 1 aliphatic heterocycles. The van der Waals surface area contributed by atoms with E-state index in [0.717, 1.165) is 41.0 Å². The molecular weight excluding hydrogens is 368 g/mol. The van der Waals surface area contributed by atoms with Crippen molar-refractivity contribution in [1.29, 1.82) is 0 Å². The first-order valence-corrected chi connectivity index (χ1v) is 11.2. The number of piperidine rings is 1. The molecule has 1 aromatic heterocycles. The third-order valence-electron chi connectivity index (χ3n) is 5.10. The third-order valence-corrected chi connectivity index (χ3v) is 6.02. The van der Waals surface area contributed by atoms with Gasteiger partial charge >= 0.3 is 0 Å². The number of anilines is 1. The maximum Gasteiger partial charge on any atom is 0.251 e. The first-order valence-electron chi connectivity index (χ1n) is 10.2. The molecule has 1 amide bonds. The summed E-state index contributed by atoms with van der Waals surface area (Å²) in [7, 11) is 0. The number of aryl methyl sites for hydroxylation is 1. The first-order chi connectivity index (χ1) is 13.6. The number of rotatable bonds is 7. The second-order valence-electron chi connectivity index (χ2n) is 7.24. The molecule has 0 saturated carbocycles. The quantitative estimate of drug-likeness (QED) is 0.551. The lowest BCUT2D eigenvalue weighted by Gasteiger charge is -2.34. The standard InChI is InChI=1S/C22H30N4OS/c1-4-19-14-20(26-12-7-6-9-16(26)3)25-22(24-19)28-15-17-10-8-11-18(13-17)21(27)23-5-2/h8,10-11,13-14,16H,4-7,9,12,15H2,1-3H3,(H,23,27)/t16-/m1/s1. The SMILES string of the molecule is CCNC(=O)c1cccc(CSc2nc(CC)cc(N3CCCC[C@H]3C)n2)c1. The first kappa shape index (κ1) is 20.6. The highest BCUT2D eigenvalue weighted by atomic mass is 32.2. The lowest BCUT2D eigenvalue weighted by Crippen LogP contribution is -2.38. The molecule has 0 unspecified atom stereocenters. The Balaban J connectivity index is 1.74. The predicted molar refractivity (Wildman–Crippen MR) is 116 cm³/mol. The van der Waals surface area contributed by atoms with Gasteiger partial charge in [0.25, 0.3) is 5.91 Å². The monoisotopic (exact) mass is 398 g/mol. The molecule has 3 rings (SSSR count). The minimum absolute atomic E-state index is 0.0278. The molecule has 1 fully saturated rings. The Morgan fingerprint density at radius 3 is 2.86 bits per heavy atom.